The van der Waals surface area contributed by atoms with Crippen molar-refractivity contribution in [1.29, 1.82) is 0 Å². The lowest BCUT2D eigenvalue weighted by Crippen LogP contribution is -2.13. The van der Waals surface area contributed by atoms with Crippen LogP contribution in [0.2, 0.25) is 0 Å². The highest BCUT2D eigenvalue weighted by Gasteiger charge is 2.13. The molecule has 0 unspecified atom stereocenters. The molecule has 0 spiro atoms. The van der Waals surface area contributed by atoms with E-state index in [1.807, 2.05) is 42.5 Å². The summed E-state index contributed by atoms with van der Waals surface area (Å²) in [4.78, 5) is 1.43. The van der Waals surface area contributed by atoms with Crippen LogP contribution < -0.4 is 10.5 Å². The number of thiocarbonyl (C=S) groups is 1. The minimum Gasteiger partial charge on any atom is -0.488 e. The molecular formula is C16H16BrNOS2. The molecule has 2 aromatic rings. The molecule has 2 nitrogen and oxygen atoms in total. The molecular weight excluding hydrogens is 366 g/mol. The number of thioether (sulfide) groups is 1. The first-order valence-electron chi connectivity index (χ1n) is 6.55. The molecule has 0 aliphatic rings. The van der Waals surface area contributed by atoms with Gasteiger partial charge in [0.25, 0.3) is 0 Å². The molecule has 0 radical (unpaired) electrons. The highest BCUT2D eigenvalue weighted by molar-refractivity contribution is 9.10. The van der Waals surface area contributed by atoms with Gasteiger partial charge in [0.15, 0.2) is 0 Å². The Morgan fingerprint density at radius 1 is 1.24 bits per heavy atom. The van der Waals surface area contributed by atoms with Crippen LogP contribution in [0.25, 0.3) is 0 Å². The molecule has 2 rings (SSSR count). The number of benzene rings is 2. The maximum Gasteiger partial charge on any atom is 0.131 e. The first-order valence-corrected chi connectivity index (χ1v) is 8.74. The van der Waals surface area contributed by atoms with Crippen molar-refractivity contribution >= 4 is 44.9 Å². The van der Waals surface area contributed by atoms with Crippen molar-refractivity contribution in [3.05, 3.63) is 58.1 Å². The number of hydrogen-bond donors (Lipinski definition) is 1. The second-order valence-corrected chi connectivity index (χ2v) is 6.91. The van der Waals surface area contributed by atoms with E-state index in [4.69, 9.17) is 22.7 Å². The molecule has 0 aliphatic carbocycles. The highest BCUT2D eigenvalue weighted by Crippen LogP contribution is 2.31. The largest absolute Gasteiger partial charge is 0.488 e. The molecule has 0 atom stereocenters. The van der Waals surface area contributed by atoms with E-state index >= 15 is 0 Å². The molecule has 0 saturated heterocycles. The average Bonchev–Trinajstić information content (AvgIpc) is 2.46. The van der Waals surface area contributed by atoms with Gasteiger partial charge in [0, 0.05) is 14.9 Å². The fraction of sp³-hybridized carbons (Fsp3) is 0.188. The smallest absolute Gasteiger partial charge is 0.131 e. The maximum absolute atomic E-state index is 5.94. The lowest BCUT2D eigenvalue weighted by atomic mass is 10.2. The van der Waals surface area contributed by atoms with Crippen molar-refractivity contribution in [2.45, 2.75) is 18.4 Å². The summed E-state index contributed by atoms with van der Waals surface area (Å²) in [6, 6.07) is 13.9. The van der Waals surface area contributed by atoms with Crippen LogP contribution in [0.3, 0.4) is 0 Å². The number of halogens is 1. The van der Waals surface area contributed by atoms with Crippen LogP contribution in [0.15, 0.2) is 51.8 Å². The Bertz CT molecular complexity index is 646. The van der Waals surface area contributed by atoms with E-state index in [9.17, 15) is 0 Å². The Kier molecular flexibility index (Phi) is 6.08. The quantitative estimate of drug-likeness (QED) is 0.576. The lowest BCUT2D eigenvalue weighted by Gasteiger charge is -2.14. The van der Waals surface area contributed by atoms with E-state index in [0.29, 0.717) is 11.6 Å². The summed E-state index contributed by atoms with van der Waals surface area (Å²) in [6.07, 6.45) is 0. The zero-order valence-electron chi connectivity index (χ0n) is 11.6. The molecule has 0 amide bonds. The van der Waals surface area contributed by atoms with Crippen LogP contribution in [0.1, 0.15) is 18.1 Å². The summed E-state index contributed by atoms with van der Waals surface area (Å²) in [5.41, 5.74) is 7.78. The highest BCUT2D eigenvalue weighted by atomic mass is 79.9. The summed E-state index contributed by atoms with van der Waals surface area (Å²) < 4.78 is 6.97. The second-order valence-electron chi connectivity index (χ2n) is 4.31. The third-order valence-electron chi connectivity index (χ3n) is 2.88. The predicted molar refractivity (Wildman–Crippen MR) is 97.2 cm³/mol. The van der Waals surface area contributed by atoms with Crippen LogP contribution in [0, 0.1) is 0 Å². The number of ether oxygens (including phenoxy) is 1. The van der Waals surface area contributed by atoms with Crippen LogP contribution in [0.5, 0.6) is 5.75 Å². The molecule has 110 valence electrons. The Balaban J connectivity index is 2.25. The van der Waals surface area contributed by atoms with Gasteiger partial charge in [-0.15, -0.1) is 11.8 Å². The second kappa shape index (κ2) is 7.82. The van der Waals surface area contributed by atoms with Gasteiger partial charge in [0.05, 0.1) is 5.56 Å². The van der Waals surface area contributed by atoms with Gasteiger partial charge in [0.2, 0.25) is 0 Å². The molecule has 0 heterocycles. The van der Waals surface area contributed by atoms with Crippen molar-refractivity contribution in [2.24, 2.45) is 5.73 Å². The fourth-order valence-electron chi connectivity index (χ4n) is 1.92. The molecule has 2 N–H and O–H groups in total. The molecule has 0 aliphatic heterocycles. The number of hydrogen-bond acceptors (Lipinski definition) is 3. The van der Waals surface area contributed by atoms with Crippen molar-refractivity contribution in [1.82, 2.24) is 0 Å². The normalized spacial score (nSPS) is 10.4. The predicted octanol–water partition coefficient (Wildman–Crippen LogP) is 4.77. The summed E-state index contributed by atoms with van der Waals surface area (Å²) in [5.74, 6) is 1.69. The summed E-state index contributed by atoms with van der Waals surface area (Å²) in [5, 5.41) is 0. The Labute approximate surface area is 143 Å². The fourth-order valence-corrected chi connectivity index (χ4v) is 3.44. The maximum atomic E-state index is 5.94. The van der Waals surface area contributed by atoms with Gasteiger partial charge in [-0.25, -0.2) is 0 Å². The molecule has 2 aromatic carbocycles. The van der Waals surface area contributed by atoms with Crippen LogP contribution in [0.4, 0.5) is 0 Å². The molecule has 5 heteroatoms. The van der Waals surface area contributed by atoms with E-state index in [0.717, 1.165) is 32.0 Å². The molecule has 21 heavy (non-hydrogen) atoms. The molecule has 0 saturated carbocycles. The van der Waals surface area contributed by atoms with E-state index < -0.39 is 0 Å². The number of rotatable bonds is 6. The SMILES string of the molecule is CCSc1cccc(OCc2ccccc2Br)c1C(N)=S. The van der Waals surface area contributed by atoms with Crippen LogP contribution in [-0.4, -0.2) is 10.7 Å². The van der Waals surface area contributed by atoms with Crippen molar-refractivity contribution < 1.29 is 4.74 Å². The first-order chi connectivity index (χ1) is 10.1. The van der Waals surface area contributed by atoms with E-state index in [-0.39, 0.29) is 0 Å². The average molecular weight is 382 g/mol. The Morgan fingerprint density at radius 2 is 2.00 bits per heavy atom. The third kappa shape index (κ3) is 4.22. The van der Waals surface area contributed by atoms with Crippen LogP contribution in [-0.2, 0) is 6.61 Å². The van der Waals surface area contributed by atoms with Gasteiger partial charge in [-0.2, -0.15) is 0 Å². The van der Waals surface area contributed by atoms with Gasteiger partial charge in [0.1, 0.15) is 17.3 Å². The summed E-state index contributed by atoms with van der Waals surface area (Å²) >= 11 is 10.4. The Morgan fingerprint density at radius 3 is 2.67 bits per heavy atom. The van der Waals surface area contributed by atoms with Gasteiger partial charge in [-0.1, -0.05) is 59.3 Å². The van der Waals surface area contributed by atoms with E-state index in [2.05, 4.69) is 22.9 Å². The van der Waals surface area contributed by atoms with E-state index in [1.54, 1.807) is 11.8 Å². The lowest BCUT2D eigenvalue weighted by molar-refractivity contribution is 0.304. The van der Waals surface area contributed by atoms with E-state index in [1.165, 1.54) is 0 Å². The standard InChI is InChI=1S/C16H16BrNOS2/c1-2-21-14-9-5-8-13(15(14)16(18)20)19-10-11-6-3-4-7-12(11)17/h3-9H,2,10H2,1H3,(H2,18,20). The minimum atomic E-state index is 0.369. The zero-order valence-corrected chi connectivity index (χ0v) is 14.9. The molecule has 0 fully saturated rings. The van der Waals surface area contributed by atoms with Gasteiger partial charge in [-0.3, -0.25) is 0 Å². The van der Waals surface area contributed by atoms with Crippen molar-refractivity contribution in [3.63, 3.8) is 0 Å². The van der Waals surface area contributed by atoms with Crippen LogP contribution >= 0.6 is 39.9 Å². The summed E-state index contributed by atoms with van der Waals surface area (Å²) in [6.45, 7) is 2.57. The number of nitrogens with two attached hydrogens (primary N) is 1. The monoisotopic (exact) mass is 381 g/mol. The molecule has 0 bridgehead atoms. The first kappa shape index (κ1) is 16.3. The minimum absolute atomic E-state index is 0.369. The summed E-state index contributed by atoms with van der Waals surface area (Å²) in [7, 11) is 0. The van der Waals surface area contributed by atoms with Gasteiger partial charge in [-0.05, 0) is 24.0 Å². The molecule has 0 aromatic heterocycles. The van der Waals surface area contributed by atoms with Crippen molar-refractivity contribution in [3.8, 4) is 5.75 Å². The Hall–Kier alpha value is -1.04. The topological polar surface area (TPSA) is 35.2 Å². The zero-order chi connectivity index (χ0) is 15.2. The van der Waals surface area contributed by atoms with Crippen molar-refractivity contribution in [2.75, 3.05) is 5.75 Å². The van der Waals surface area contributed by atoms with Gasteiger partial charge < -0.3 is 10.5 Å². The van der Waals surface area contributed by atoms with Gasteiger partial charge >= 0.3 is 0 Å². The third-order valence-corrected chi connectivity index (χ3v) is 4.79.